The fourth-order valence-electron chi connectivity index (χ4n) is 1.99. The summed E-state index contributed by atoms with van der Waals surface area (Å²) in [6, 6.07) is 13.4. The molecule has 0 saturated carbocycles. The minimum atomic E-state index is -0.379. The average molecular weight is 316 g/mol. The number of benzene rings is 2. The predicted octanol–water partition coefficient (Wildman–Crippen LogP) is 4.07. The Morgan fingerprint density at radius 1 is 1.17 bits per heavy atom. The summed E-state index contributed by atoms with van der Waals surface area (Å²) >= 11 is 0. The lowest BCUT2D eigenvalue weighted by atomic mass is 10.2. The van der Waals surface area contributed by atoms with Crippen LogP contribution in [0.25, 0.3) is 0 Å². The Balaban J connectivity index is 1.87. The molecule has 0 spiro atoms. The molecule has 2 rings (SSSR count). The number of nitrogens with one attached hydrogen (secondary N) is 2. The Kier molecular flexibility index (Phi) is 6.11. The second-order valence-corrected chi connectivity index (χ2v) is 5.46. The first-order valence-corrected chi connectivity index (χ1v) is 7.53. The highest BCUT2D eigenvalue weighted by Gasteiger charge is 2.05. The molecule has 0 atom stereocenters. The summed E-state index contributed by atoms with van der Waals surface area (Å²) in [6.45, 7) is 4.56. The molecule has 2 amide bonds. The first kappa shape index (κ1) is 17.0. The fourth-order valence-corrected chi connectivity index (χ4v) is 1.99. The Hall–Kier alpha value is -2.40. The van der Waals surface area contributed by atoms with E-state index in [0.717, 1.165) is 5.56 Å². The number of amides is 2. The zero-order valence-electron chi connectivity index (χ0n) is 13.3. The highest BCUT2D eigenvalue weighted by Crippen LogP contribution is 2.12. The van der Waals surface area contributed by atoms with Crippen LogP contribution in [0.3, 0.4) is 0 Å². The van der Waals surface area contributed by atoms with Gasteiger partial charge in [0.1, 0.15) is 5.82 Å². The molecule has 0 bridgehead atoms. The van der Waals surface area contributed by atoms with Crippen molar-refractivity contribution in [1.82, 2.24) is 5.32 Å². The number of rotatable bonds is 6. The van der Waals surface area contributed by atoms with Crippen LogP contribution in [0.15, 0.2) is 48.5 Å². The van der Waals surface area contributed by atoms with Crippen LogP contribution in [-0.2, 0) is 17.9 Å². The van der Waals surface area contributed by atoms with Crippen LogP contribution >= 0.6 is 0 Å². The van der Waals surface area contributed by atoms with Gasteiger partial charge in [-0.05, 0) is 37.6 Å². The van der Waals surface area contributed by atoms with Crippen molar-refractivity contribution in [2.24, 2.45) is 0 Å². The quantitative estimate of drug-likeness (QED) is 0.844. The van der Waals surface area contributed by atoms with E-state index in [1.807, 2.05) is 32.0 Å². The summed E-state index contributed by atoms with van der Waals surface area (Å²) in [5.41, 5.74) is 2.09. The van der Waals surface area contributed by atoms with E-state index in [1.165, 1.54) is 6.07 Å². The van der Waals surface area contributed by atoms with Gasteiger partial charge in [0.15, 0.2) is 0 Å². The normalized spacial score (nSPS) is 10.6. The van der Waals surface area contributed by atoms with Crippen LogP contribution in [0.4, 0.5) is 14.9 Å². The van der Waals surface area contributed by atoms with Gasteiger partial charge in [0.05, 0.1) is 12.7 Å². The third kappa shape index (κ3) is 5.71. The van der Waals surface area contributed by atoms with Gasteiger partial charge in [-0.3, -0.25) is 0 Å². The topological polar surface area (TPSA) is 50.4 Å². The maximum absolute atomic E-state index is 13.5. The molecular weight excluding hydrogens is 295 g/mol. The molecule has 4 nitrogen and oxygen atoms in total. The SMILES string of the molecule is CC(C)OCc1cccc(NC(=O)NCc2ccccc2F)c1. The Labute approximate surface area is 135 Å². The Bertz CT molecular complexity index is 659. The largest absolute Gasteiger partial charge is 0.374 e. The number of hydrogen-bond acceptors (Lipinski definition) is 2. The summed E-state index contributed by atoms with van der Waals surface area (Å²) < 4.78 is 19.0. The smallest absolute Gasteiger partial charge is 0.319 e. The highest BCUT2D eigenvalue weighted by atomic mass is 19.1. The average Bonchev–Trinajstić information content (AvgIpc) is 2.52. The molecule has 5 heteroatoms. The van der Waals surface area contributed by atoms with Crippen molar-refractivity contribution in [2.75, 3.05) is 5.32 Å². The Morgan fingerprint density at radius 3 is 2.70 bits per heavy atom. The zero-order chi connectivity index (χ0) is 16.7. The number of ether oxygens (including phenoxy) is 1. The zero-order valence-corrected chi connectivity index (χ0v) is 13.3. The van der Waals surface area contributed by atoms with Crippen molar-refractivity contribution in [2.45, 2.75) is 33.1 Å². The summed E-state index contributed by atoms with van der Waals surface area (Å²) in [5, 5.41) is 5.37. The van der Waals surface area contributed by atoms with E-state index < -0.39 is 0 Å². The molecule has 0 aromatic heterocycles. The van der Waals surface area contributed by atoms with Crippen LogP contribution in [0.1, 0.15) is 25.0 Å². The lowest BCUT2D eigenvalue weighted by Crippen LogP contribution is -2.28. The van der Waals surface area contributed by atoms with Crippen LogP contribution in [0.2, 0.25) is 0 Å². The first-order chi connectivity index (χ1) is 11.0. The van der Waals surface area contributed by atoms with Gasteiger partial charge >= 0.3 is 6.03 Å². The molecule has 0 radical (unpaired) electrons. The molecular formula is C18H21FN2O2. The highest BCUT2D eigenvalue weighted by molar-refractivity contribution is 5.89. The van der Waals surface area contributed by atoms with Crippen molar-refractivity contribution < 1.29 is 13.9 Å². The maximum Gasteiger partial charge on any atom is 0.319 e. The summed E-state index contributed by atoms with van der Waals surface area (Å²) in [6.07, 6.45) is 0.149. The minimum Gasteiger partial charge on any atom is -0.374 e. The summed E-state index contributed by atoms with van der Waals surface area (Å²) in [5.74, 6) is -0.333. The second kappa shape index (κ2) is 8.29. The summed E-state index contributed by atoms with van der Waals surface area (Å²) in [7, 11) is 0. The molecule has 0 heterocycles. The molecule has 0 aliphatic carbocycles. The van der Waals surface area contributed by atoms with E-state index in [1.54, 1.807) is 24.3 Å². The molecule has 0 aliphatic heterocycles. The van der Waals surface area contributed by atoms with E-state index >= 15 is 0 Å². The van der Waals surface area contributed by atoms with Crippen molar-refractivity contribution in [3.8, 4) is 0 Å². The molecule has 2 N–H and O–H groups in total. The van der Waals surface area contributed by atoms with E-state index in [2.05, 4.69) is 10.6 Å². The van der Waals surface area contributed by atoms with E-state index in [0.29, 0.717) is 17.9 Å². The Morgan fingerprint density at radius 2 is 1.96 bits per heavy atom. The lowest BCUT2D eigenvalue weighted by Gasteiger charge is -2.11. The molecule has 0 unspecified atom stereocenters. The standard InChI is InChI=1S/C18H21FN2O2/c1-13(2)23-12-14-6-5-8-16(10-14)21-18(22)20-11-15-7-3-4-9-17(15)19/h3-10,13H,11-12H2,1-2H3,(H2,20,21,22). The van der Waals surface area contributed by atoms with Gasteiger partial charge in [-0.15, -0.1) is 0 Å². The minimum absolute atomic E-state index is 0.134. The number of halogens is 1. The van der Waals surface area contributed by atoms with Gasteiger partial charge in [-0.2, -0.15) is 0 Å². The van der Waals surface area contributed by atoms with Crippen molar-refractivity contribution in [1.29, 1.82) is 0 Å². The van der Waals surface area contributed by atoms with Crippen LogP contribution in [0.5, 0.6) is 0 Å². The number of anilines is 1. The third-order valence-corrected chi connectivity index (χ3v) is 3.17. The molecule has 23 heavy (non-hydrogen) atoms. The summed E-state index contributed by atoms with van der Waals surface area (Å²) in [4.78, 5) is 11.9. The molecule has 2 aromatic carbocycles. The third-order valence-electron chi connectivity index (χ3n) is 3.17. The van der Waals surface area contributed by atoms with Gasteiger partial charge in [0.2, 0.25) is 0 Å². The van der Waals surface area contributed by atoms with Gasteiger partial charge < -0.3 is 15.4 Å². The van der Waals surface area contributed by atoms with Crippen molar-refractivity contribution in [3.63, 3.8) is 0 Å². The van der Waals surface area contributed by atoms with Gasteiger partial charge in [-0.25, -0.2) is 9.18 Å². The number of hydrogen-bond donors (Lipinski definition) is 2. The van der Waals surface area contributed by atoms with Gasteiger partial charge in [-0.1, -0.05) is 30.3 Å². The van der Waals surface area contributed by atoms with Crippen molar-refractivity contribution >= 4 is 11.7 Å². The molecule has 122 valence electrons. The number of carbonyl (C=O) groups excluding carboxylic acids is 1. The fraction of sp³-hybridized carbons (Fsp3) is 0.278. The first-order valence-electron chi connectivity index (χ1n) is 7.53. The monoisotopic (exact) mass is 316 g/mol. The predicted molar refractivity (Wildman–Crippen MR) is 88.6 cm³/mol. The molecule has 0 aliphatic rings. The van der Waals surface area contributed by atoms with Gasteiger partial charge in [0, 0.05) is 17.8 Å². The van der Waals surface area contributed by atoms with Crippen LogP contribution in [0, 0.1) is 5.82 Å². The van der Waals surface area contributed by atoms with Crippen LogP contribution < -0.4 is 10.6 Å². The van der Waals surface area contributed by atoms with E-state index in [9.17, 15) is 9.18 Å². The van der Waals surface area contributed by atoms with Crippen LogP contribution in [-0.4, -0.2) is 12.1 Å². The molecule has 0 saturated heterocycles. The lowest BCUT2D eigenvalue weighted by molar-refractivity contribution is 0.0657. The second-order valence-electron chi connectivity index (χ2n) is 5.46. The number of carbonyl (C=O) groups is 1. The van der Waals surface area contributed by atoms with Gasteiger partial charge in [0.25, 0.3) is 0 Å². The van der Waals surface area contributed by atoms with E-state index in [-0.39, 0.29) is 24.5 Å². The number of urea groups is 1. The maximum atomic E-state index is 13.5. The van der Waals surface area contributed by atoms with E-state index in [4.69, 9.17) is 4.74 Å². The van der Waals surface area contributed by atoms with Crippen molar-refractivity contribution in [3.05, 3.63) is 65.5 Å². The molecule has 2 aromatic rings. The molecule has 0 fully saturated rings.